The highest BCUT2D eigenvalue weighted by Gasteiger charge is 2.14. The molecule has 0 fully saturated rings. The molecule has 0 aliphatic rings. The maximum atomic E-state index is 12.4. The molecule has 0 spiro atoms. The first-order valence-corrected chi connectivity index (χ1v) is 9.03. The van der Waals surface area contributed by atoms with E-state index in [1.165, 1.54) is 0 Å². The Morgan fingerprint density at radius 3 is 2.57 bits per heavy atom. The molecule has 0 unspecified atom stereocenters. The molecule has 6 nitrogen and oxygen atoms in total. The number of amides is 1. The zero-order valence-electron chi connectivity index (χ0n) is 16.7. The summed E-state index contributed by atoms with van der Waals surface area (Å²) in [7, 11) is 3.22. The monoisotopic (exact) mass is 380 g/mol. The molecule has 0 atom stereocenters. The summed E-state index contributed by atoms with van der Waals surface area (Å²) in [6, 6.07) is 11.2. The summed E-state index contributed by atoms with van der Waals surface area (Å²) in [5, 5.41) is 4.88. The minimum atomic E-state index is -0.426. The van der Waals surface area contributed by atoms with Crippen LogP contribution in [0.5, 0.6) is 11.5 Å². The number of carbonyl (C=O) groups excluding carboxylic acids is 1. The average molecular weight is 380 g/mol. The molecule has 0 aliphatic carbocycles. The lowest BCUT2D eigenvalue weighted by molar-refractivity contribution is 0.0929. The summed E-state index contributed by atoms with van der Waals surface area (Å²) in [6.45, 7) is 6.18. The molecule has 1 N–H and O–H groups in total. The highest BCUT2D eigenvalue weighted by atomic mass is 16.5. The summed E-state index contributed by atoms with van der Waals surface area (Å²) >= 11 is 0. The van der Waals surface area contributed by atoms with E-state index in [0.717, 1.165) is 27.8 Å². The first-order valence-electron chi connectivity index (χ1n) is 9.03. The fourth-order valence-corrected chi connectivity index (χ4v) is 3.01. The molecule has 0 saturated carbocycles. The van der Waals surface area contributed by atoms with Crippen LogP contribution in [0.25, 0.3) is 11.0 Å². The summed E-state index contributed by atoms with van der Waals surface area (Å²) in [5.41, 5.74) is 6.06. The minimum absolute atomic E-state index is 0.172. The number of aryl methyl sites for hydroxylation is 1. The minimum Gasteiger partial charge on any atom is -0.496 e. The Kier molecular flexibility index (Phi) is 5.68. The third-order valence-corrected chi connectivity index (χ3v) is 4.56. The number of methoxy groups -OCH3 is 2. The van der Waals surface area contributed by atoms with Crippen LogP contribution < -0.4 is 14.9 Å². The number of furan rings is 1. The van der Waals surface area contributed by atoms with E-state index in [2.05, 4.69) is 24.4 Å². The third-order valence-electron chi connectivity index (χ3n) is 4.56. The van der Waals surface area contributed by atoms with Crippen LogP contribution in [0.2, 0.25) is 0 Å². The summed E-state index contributed by atoms with van der Waals surface area (Å²) in [4.78, 5) is 12.4. The van der Waals surface area contributed by atoms with Gasteiger partial charge in [-0.15, -0.1) is 0 Å². The second kappa shape index (κ2) is 8.17. The van der Waals surface area contributed by atoms with E-state index in [4.69, 9.17) is 13.9 Å². The van der Waals surface area contributed by atoms with Crippen molar-refractivity contribution in [1.29, 1.82) is 0 Å². The molecule has 3 aromatic rings. The lowest BCUT2D eigenvalue weighted by atomic mass is 9.97. The lowest BCUT2D eigenvalue weighted by Crippen LogP contribution is -2.16. The molecular weight excluding hydrogens is 356 g/mol. The van der Waals surface area contributed by atoms with E-state index in [9.17, 15) is 4.79 Å². The SMILES string of the molecule is COc1cc(C)c(/C=N\NC(=O)c2cc3cccc(OC)c3o2)cc1C(C)C. The molecule has 146 valence electrons. The Balaban J connectivity index is 1.79. The molecule has 0 bridgehead atoms. The standard InChI is InChI=1S/C22H24N2O4/c1-13(2)17-10-16(14(3)9-19(17)27-5)12-23-24-22(25)20-11-15-7-6-8-18(26-4)21(15)28-20/h6-13H,1-5H3,(H,24,25)/b23-12-. The van der Waals surface area contributed by atoms with Crippen molar-refractivity contribution in [3.63, 3.8) is 0 Å². The van der Waals surface area contributed by atoms with Gasteiger partial charge in [0, 0.05) is 5.39 Å². The molecule has 2 aromatic carbocycles. The number of hydrazone groups is 1. The Hall–Kier alpha value is -3.28. The molecule has 0 saturated heterocycles. The van der Waals surface area contributed by atoms with E-state index in [0.29, 0.717) is 17.3 Å². The van der Waals surface area contributed by atoms with Gasteiger partial charge in [0.1, 0.15) is 5.75 Å². The number of ether oxygens (including phenoxy) is 2. The summed E-state index contributed by atoms with van der Waals surface area (Å²) < 4.78 is 16.3. The second-order valence-corrected chi connectivity index (χ2v) is 6.79. The molecule has 28 heavy (non-hydrogen) atoms. The quantitative estimate of drug-likeness (QED) is 0.499. The zero-order chi connectivity index (χ0) is 20.3. The summed E-state index contributed by atoms with van der Waals surface area (Å²) in [5.74, 6) is 1.48. The van der Waals surface area contributed by atoms with Crippen LogP contribution >= 0.6 is 0 Å². The molecule has 1 heterocycles. The van der Waals surface area contributed by atoms with Gasteiger partial charge in [0.05, 0.1) is 20.4 Å². The van der Waals surface area contributed by atoms with Crippen LogP contribution in [-0.4, -0.2) is 26.3 Å². The molecule has 1 aromatic heterocycles. The largest absolute Gasteiger partial charge is 0.496 e. The van der Waals surface area contributed by atoms with Crippen LogP contribution in [0.1, 0.15) is 47.0 Å². The number of rotatable bonds is 6. The van der Waals surface area contributed by atoms with Crippen molar-refractivity contribution in [2.75, 3.05) is 14.2 Å². The van der Waals surface area contributed by atoms with Gasteiger partial charge >= 0.3 is 5.91 Å². The van der Waals surface area contributed by atoms with Crippen molar-refractivity contribution < 1.29 is 18.7 Å². The van der Waals surface area contributed by atoms with Gasteiger partial charge in [-0.1, -0.05) is 26.0 Å². The van der Waals surface area contributed by atoms with Gasteiger partial charge in [0.2, 0.25) is 0 Å². The van der Waals surface area contributed by atoms with Crippen LogP contribution in [0.3, 0.4) is 0 Å². The number of nitrogens with zero attached hydrogens (tertiary/aromatic N) is 1. The van der Waals surface area contributed by atoms with Gasteiger partial charge in [-0.25, -0.2) is 5.43 Å². The van der Waals surface area contributed by atoms with Crippen LogP contribution in [0.15, 0.2) is 45.9 Å². The van der Waals surface area contributed by atoms with Crippen LogP contribution in [0, 0.1) is 6.92 Å². The van der Waals surface area contributed by atoms with Crippen molar-refractivity contribution in [2.24, 2.45) is 5.10 Å². The Bertz CT molecular complexity index is 1030. The molecule has 0 radical (unpaired) electrons. The predicted molar refractivity (Wildman–Crippen MR) is 110 cm³/mol. The van der Waals surface area contributed by atoms with Crippen molar-refractivity contribution in [3.8, 4) is 11.5 Å². The average Bonchev–Trinajstić information content (AvgIpc) is 3.13. The normalized spacial score (nSPS) is 11.4. The van der Waals surface area contributed by atoms with Gasteiger partial charge in [0.15, 0.2) is 17.1 Å². The Labute approximate surface area is 164 Å². The van der Waals surface area contributed by atoms with E-state index in [1.54, 1.807) is 32.6 Å². The number of nitrogens with one attached hydrogen (secondary N) is 1. The van der Waals surface area contributed by atoms with Crippen molar-refractivity contribution in [1.82, 2.24) is 5.43 Å². The van der Waals surface area contributed by atoms with Gasteiger partial charge in [0.25, 0.3) is 0 Å². The highest BCUT2D eigenvalue weighted by Crippen LogP contribution is 2.29. The maximum absolute atomic E-state index is 12.4. The van der Waals surface area contributed by atoms with E-state index < -0.39 is 5.91 Å². The number of benzene rings is 2. The van der Waals surface area contributed by atoms with Crippen molar-refractivity contribution >= 4 is 23.1 Å². The number of fused-ring (bicyclic) bond motifs is 1. The first-order chi connectivity index (χ1) is 13.4. The highest BCUT2D eigenvalue weighted by molar-refractivity contribution is 5.97. The maximum Gasteiger partial charge on any atom is 0.307 e. The van der Waals surface area contributed by atoms with Crippen molar-refractivity contribution in [2.45, 2.75) is 26.7 Å². The number of hydrogen-bond donors (Lipinski definition) is 1. The lowest BCUT2D eigenvalue weighted by Gasteiger charge is -2.14. The van der Waals surface area contributed by atoms with Gasteiger partial charge in [-0.05, 0) is 53.8 Å². The molecule has 0 aliphatic heterocycles. The van der Waals surface area contributed by atoms with Gasteiger partial charge < -0.3 is 13.9 Å². The van der Waals surface area contributed by atoms with E-state index in [-0.39, 0.29) is 5.76 Å². The zero-order valence-corrected chi connectivity index (χ0v) is 16.7. The topological polar surface area (TPSA) is 73.1 Å². The second-order valence-electron chi connectivity index (χ2n) is 6.79. The van der Waals surface area contributed by atoms with Crippen LogP contribution in [0.4, 0.5) is 0 Å². The predicted octanol–water partition coefficient (Wildman–Crippen LogP) is 4.65. The van der Waals surface area contributed by atoms with Gasteiger partial charge in [-0.2, -0.15) is 5.10 Å². The van der Waals surface area contributed by atoms with Crippen molar-refractivity contribution in [3.05, 3.63) is 58.8 Å². The number of carbonyl (C=O) groups is 1. The van der Waals surface area contributed by atoms with E-state index in [1.807, 2.05) is 31.2 Å². The number of para-hydroxylation sites is 1. The fourth-order valence-electron chi connectivity index (χ4n) is 3.01. The smallest absolute Gasteiger partial charge is 0.307 e. The first kappa shape index (κ1) is 19.5. The molecule has 3 rings (SSSR count). The molecule has 1 amide bonds. The van der Waals surface area contributed by atoms with Crippen LogP contribution in [-0.2, 0) is 0 Å². The number of hydrogen-bond acceptors (Lipinski definition) is 5. The molecular formula is C22H24N2O4. The summed E-state index contributed by atoms with van der Waals surface area (Å²) in [6.07, 6.45) is 1.63. The third kappa shape index (κ3) is 3.86. The Morgan fingerprint density at radius 2 is 1.89 bits per heavy atom. The van der Waals surface area contributed by atoms with Gasteiger partial charge in [-0.3, -0.25) is 4.79 Å². The Morgan fingerprint density at radius 1 is 1.14 bits per heavy atom. The molecule has 6 heteroatoms. The van der Waals surface area contributed by atoms with E-state index >= 15 is 0 Å². The fraction of sp³-hybridized carbons (Fsp3) is 0.273.